The molecule has 17 heavy (non-hydrogen) atoms. The van der Waals surface area contributed by atoms with Gasteiger partial charge in [-0.05, 0) is 32.1 Å². The van der Waals surface area contributed by atoms with Crippen molar-refractivity contribution >= 4 is 11.8 Å². The first-order valence-corrected chi connectivity index (χ1v) is 6.22. The molecule has 0 atom stereocenters. The first-order valence-electron chi connectivity index (χ1n) is 6.22. The highest BCUT2D eigenvalue weighted by Gasteiger charge is 2.42. The Labute approximate surface area is 100 Å². The standard InChI is InChI=1S/C12H19FN2O2/c1-8(16)15-10-6-9(7-10)11(17)14-5-4-12(13)2-3-12/h9-10H,2-7H2,1H3,(H,14,17)(H,15,16)/t9-,10-. The zero-order valence-electron chi connectivity index (χ0n) is 10.1. The Kier molecular flexibility index (Phi) is 3.35. The summed E-state index contributed by atoms with van der Waals surface area (Å²) in [4.78, 5) is 22.4. The van der Waals surface area contributed by atoms with Crippen molar-refractivity contribution < 1.29 is 14.0 Å². The van der Waals surface area contributed by atoms with Gasteiger partial charge in [-0.2, -0.15) is 0 Å². The second-order valence-electron chi connectivity index (χ2n) is 5.26. The Morgan fingerprint density at radius 2 is 2.00 bits per heavy atom. The number of nitrogens with one attached hydrogen (secondary N) is 2. The molecule has 2 aliphatic carbocycles. The van der Waals surface area contributed by atoms with Gasteiger partial charge in [0.2, 0.25) is 11.8 Å². The van der Waals surface area contributed by atoms with Crippen molar-refractivity contribution in [2.45, 2.75) is 50.7 Å². The van der Waals surface area contributed by atoms with Crippen molar-refractivity contribution in [3.05, 3.63) is 0 Å². The third-order valence-electron chi connectivity index (χ3n) is 3.58. The summed E-state index contributed by atoms with van der Waals surface area (Å²) in [5.74, 6) is -0.0700. The quantitative estimate of drug-likeness (QED) is 0.753. The fraction of sp³-hybridized carbons (Fsp3) is 0.833. The number of rotatable bonds is 5. The van der Waals surface area contributed by atoms with E-state index in [1.807, 2.05) is 0 Å². The molecular formula is C12H19FN2O2. The van der Waals surface area contributed by atoms with Crippen LogP contribution in [0.1, 0.15) is 39.0 Å². The monoisotopic (exact) mass is 242 g/mol. The fourth-order valence-electron chi connectivity index (χ4n) is 2.18. The van der Waals surface area contributed by atoms with Gasteiger partial charge in [-0.15, -0.1) is 0 Å². The first kappa shape index (κ1) is 12.3. The first-order chi connectivity index (χ1) is 7.98. The second kappa shape index (κ2) is 4.63. The molecule has 0 saturated heterocycles. The highest BCUT2D eigenvalue weighted by molar-refractivity contribution is 5.80. The molecule has 0 unspecified atom stereocenters. The van der Waals surface area contributed by atoms with E-state index < -0.39 is 5.67 Å². The van der Waals surface area contributed by atoms with Crippen LogP contribution in [0, 0.1) is 5.92 Å². The minimum absolute atomic E-state index is 0.00384. The maximum absolute atomic E-state index is 13.3. The molecule has 2 saturated carbocycles. The van der Waals surface area contributed by atoms with Gasteiger partial charge >= 0.3 is 0 Å². The summed E-state index contributed by atoms with van der Waals surface area (Å²) in [5, 5.41) is 5.54. The molecule has 0 aromatic heterocycles. The maximum Gasteiger partial charge on any atom is 0.223 e. The Bertz CT molecular complexity index is 322. The van der Waals surface area contributed by atoms with E-state index >= 15 is 0 Å². The molecule has 0 heterocycles. The van der Waals surface area contributed by atoms with Crippen molar-refractivity contribution in [1.29, 1.82) is 0 Å². The van der Waals surface area contributed by atoms with E-state index in [0.717, 1.165) is 0 Å². The van der Waals surface area contributed by atoms with Gasteiger partial charge in [-0.3, -0.25) is 9.59 Å². The lowest BCUT2D eigenvalue weighted by atomic mass is 9.79. The van der Waals surface area contributed by atoms with Gasteiger partial charge in [0.25, 0.3) is 0 Å². The third kappa shape index (κ3) is 3.41. The average molecular weight is 242 g/mol. The summed E-state index contributed by atoms with van der Waals surface area (Å²) >= 11 is 0. The van der Waals surface area contributed by atoms with Crippen molar-refractivity contribution in [2.24, 2.45) is 5.92 Å². The van der Waals surface area contributed by atoms with E-state index in [0.29, 0.717) is 38.6 Å². The normalized spacial score (nSPS) is 29.1. The van der Waals surface area contributed by atoms with Gasteiger partial charge in [-0.25, -0.2) is 4.39 Å². The van der Waals surface area contributed by atoms with Gasteiger partial charge < -0.3 is 10.6 Å². The zero-order valence-corrected chi connectivity index (χ0v) is 10.1. The smallest absolute Gasteiger partial charge is 0.223 e. The maximum atomic E-state index is 13.3. The number of hydrogen-bond acceptors (Lipinski definition) is 2. The van der Waals surface area contributed by atoms with Crippen molar-refractivity contribution in [1.82, 2.24) is 10.6 Å². The number of carbonyl (C=O) groups is 2. The topological polar surface area (TPSA) is 58.2 Å². The lowest BCUT2D eigenvalue weighted by Crippen LogP contribution is -2.49. The summed E-state index contributed by atoms with van der Waals surface area (Å²) in [6, 6.07) is 0.138. The van der Waals surface area contributed by atoms with Crippen molar-refractivity contribution in [3.8, 4) is 0 Å². The van der Waals surface area contributed by atoms with E-state index in [-0.39, 0.29) is 23.8 Å². The summed E-state index contributed by atoms with van der Waals surface area (Å²) in [7, 11) is 0. The Balaban J connectivity index is 1.57. The summed E-state index contributed by atoms with van der Waals surface area (Å²) in [5.41, 5.74) is -0.994. The van der Waals surface area contributed by atoms with Crippen LogP contribution in [-0.2, 0) is 9.59 Å². The molecule has 96 valence electrons. The predicted molar refractivity (Wildman–Crippen MR) is 61.0 cm³/mol. The van der Waals surface area contributed by atoms with Crippen molar-refractivity contribution in [3.63, 3.8) is 0 Å². The molecule has 0 bridgehead atoms. The molecule has 2 N–H and O–H groups in total. The van der Waals surface area contributed by atoms with Crippen LogP contribution in [0.5, 0.6) is 0 Å². The minimum Gasteiger partial charge on any atom is -0.356 e. The molecule has 2 amide bonds. The predicted octanol–water partition coefficient (Wildman–Crippen LogP) is 0.909. The number of hydrogen-bond donors (Lipinski definition) is 2. The SMILES string of the molecule is CC(=O)N[C@H]1C[C@H](C(=O)NCCC2(F)CC2)C1. The average Bonchev–Trinajstić information content (AvgIpc) is 2.89. The number of alkyl halides is 1. The third-order valence-corrected chi connectivity index (χ3v) is 3.58. The minimum atomic E-state index is -0.994. The van der Waals surface area contributed by atoms with Crippen LogP contribution < -0.4 is 10.6 Å². The fourth-order valence-corrected chi connectivity index (χ4v) is 2.18. The van der Waals surface area contributed by atoms with Crippen LogP contribution in [0.3, 0.4) is 0 Å². The lowest BCUT2D eigenvalue weighted by molar-refractivity contribution is -0.130. The van der Waals surface area contributed by atoms with Crippen LogP contribution in [-0.4, -0.2) is 30.1 Å². The highest BCUT2D eigenvalue weighted by atomic mass is 19.1. The Hall–Kier alpha value is -1.13. The van der Waals surface area contributed by atoms with Crippen LogP contribution in [0.4, 0.5) is 4.39 Å². The molecule has 5 heteroatoms. The molecule has 2 fully saturated rings. The molecular weight excluding hydrogens is 223 g/mol. The van der Waals surface area contributed by atoms with Gasteiger partial charge in [0, 0.05) is 25.4 Å². The van der Waals surface area contributed by atoms with Crippen LogP contribution >= 0.6 is 0 Å². The van der Waals surface area contributed by atoms with E-state index in [4.69, 9.17) is 0 Å². The van der Waals surface area contributed by atoms with Gasteiger partial charge in [-0.1, -0.05) is 0 Å². The second-order valence-corrected chi connectivity index (χ2v) is 5.26. The summed E-state index contributed by atoms with van der Waals surface area (Å²) in [6.45, 7) is 1.90. The van der Waals surface area contributed by atoms with Crippen LogP contribution in [0.25, 0.3) is 0 Å². The summed E-state index contributed by atoms with van der Waals surface area (Å²) in [6.07, 6.45) is 3.10. The molecule has 2 rings (SSSR count). The largest absolute Gasteiger partial charge is 0.356 e. The van der Waals surface area contributed by atoms with Crippen LogP contribution in [0.15, 0.2) is 0 Å². The molecule has 0 radical (unpaired) electrons. The Morgan fingerprint density at radius 1 is 1.35 bits per heavy atom. The molecule has 2 aliphatic rings. The molecule has 0 aromatic carbocycles. The summed E-state index contributed by atoms with van der Waals surface area (Å²) < 4.78 is 13.3. The molecule has 0 aliphatic heterocycles. The lowest BCUT2D eigenvalue weighted by Gasteiger charge is -2.34. The molecule has 0 spiro atoms. The van der Waals surface area contributed by atoms with Gasteiger partial charge in [0.05, 0.1) is 0 Å². The number of amides is 2. The van der Waals surface area contributed by atoms with Gasteiger partial charge in [0.1, 0.15) is 5.67 Å². The van der Waals surface area contributed by atoms with Crippen LogP contribution in [0.2, 0.25) is 0 Å². The molecule has 4 nitrogen and oxygen atoms in total. The van der Waals surface area contributed by atoms with E-state index in [1.165, 1.54) is 6.92 Å². The Morgan fingerprint density at radius 3 is 2.53 bits per heavy atom. The van der Waals surface area contributed by atoms with E-state index in [2.05, 4.69) is 10.6 Å². The number of halogens is 1. The highest BCUT2D eigenvalue weighted by Crippen LogP contribution is 2.42. The van der Waals surface area contributed by atoms with Gasteiger partial charge in [0.15, 0.2) is 0 Å². The zero-order chi connectivity index (χ0) is 12.5. The molecule has 0 aromatic rings. The van der Waals surface area contributed by atoms with Crippen molar-refractivity contribution in [2.75, 3.05) is 6.54 Å². The number of carbonyl (C=O) groups excluding carboxylic acids is 2. The van der Waals surface area contributed by atoms with E-state index in [1.54, 1.807) is 0 Å². The van der Waals surface area contributed by atoms with E-state index in [9.17, 15) is 14.0 Å².